The van der Waals surface area contributed by atoms with Crippen LogP contribution >= 0.6 is 10.8 Å². The van der Waals surface area contributed by atoms with Crippen molar-refractivity contribution >= 4 is 19.7 Å². The molecule has 16 heavy (non-hydrogen) atoms. The predicted molar refractivity (Wildman–Crippen MR) is 64.1 cm³/mol. The van der Waals surface area contributed by atoms with Crippen molar-refractivity contribution in [3.63, 3.8) is 0 Å². The van der Waals surface area contributed by atoms with Crippen LogP contribution < -0.4 is 0 Å². The zero-order chi connectivity index (χ0) is 11.8. The summed E-state index contributed by atoms with van der Waals surface area (Å²) < 4.78 is 33.9. The molecule has 6 heteroatoms. The lowest BCUT2D eigenvalue weighted by molar-refractivity contribution is -0.0812. The smallest absolute Gasteiger partial charge is 0.201 e. The summed E-state index contributed by atoms with van der Waals surface area (Å²) in [7, 11) is 1.58. The first kappa shape index (κ1) is 12.7. The molecular weight excluding hydrogens is 248 g/mol. The fourth-order valence-corrected chi connectivity index (χ4v) is 6.47. The molecule has 0 aromatic heterocycles. The lowest BCUT2D eigenvalue weighted by Gasteiger charge is -2.41. The monoisotopic (exact) mass is 266 g/mol. The van der Waals surface area contributed by atoms with Crippen LogP contribution in [0.15, 0.2) is 0 Å². The van der Waals surface area contributed by atoms with Gasteiger partial charge < -0.3 is 9.47 Å². The summed E-state index contributed by atoms with van der Waals surface area (Å²) in [5, 5.41) is 0. The van der Waals surface area contributed by atoms with Crippen molar-refractivity contribution in [2.75, 3.05) is 25.7 Å². The Hall–Kier alpha value is 0.220. The highest BCUT2D eigenvalue weighted by molar-refractivity contribution is 8.72. The third-order valence-electron chi connectivity index (χ3n) is 3.64. The Balaban J connectivity index is 2.08. The molecule has 1 saturated carbocycles. The molecule has 1 aliphatic carbocycles. The van der Waals surface area contributed by atoms with Crippen molar-refractivity contribution in [2.24, 2.45) is 11.8 Å². The van der Waals surface area contributed by atoms with E-state index < -0.39 is 8.87 Å². The highest BCUT2D eigenvalue weighted by Crippen LogP contribution is 2.41. The van der Waals surface area contributed by atoms with Gasteiger partial charge in [-0.2, -0.15) is 0 Å². The van der Waals surface area contributed by atoms with Crippen LogP contribution in [0.3, 0.4) is 0 Å². The van der Waals surface area contributed by atoms with Crippen molar-refractivity contribution in [1.82, 2.24) is 0 Å². The van der Waals surface area contributed by atoms with E-state index in [1.54, 1.807) is 14.2 Å². The SMILES string of the molecule is COC1CC2CSS(=O)(=O)CC2CC1OC. The number of hydrogen-bond acceptors (Lipinski definition) is 5. The van der Waals surface area contributed by atoms with Crippen LogP contribution in [0.5, 0.6) is 0 Å². The topological polar surface area (TPSA) is 52.6 Å². The molecule has 0 aromatic carbocycles. The van der Waals surface area contributed by atoms with Gasteiger partial charge in [-0.15, -0.1) is 0 Å². The van der Waals surface area contributed by atoms with Crippen molar-refractivity contribution in [2.45, 2.75) is 25.0 Å². The third-order valence-corrected chi connectivity index (χ3v) is 7.29. The molecule has 94 valence electrons. The van der Waals surface area contributed by atoms with Crippen molar-refractivity contribution in [1.29, 1.82) is 0 Å². The zero-order valence-electron chi connectivity index (χ0n) is 9.59. The van der Waals surface area contributed by atoms with Gasteiger partial charge in [0.15, 0.2) is 0 Å². The van der Waals surface area contributed by atoms with Gasteiger partial charge in [-0.1, -0.05) is 0 Å². The molecule has 2 rings (SSSR count). The number of fused-ring (bicyclic) bond motifs is 1. The minimum Gasteiger partial charge on any atom is -0.379 e. The van der Waals surface area contributed by atoms with Crippen LogP contribution in [0.1, 0.15) is 12.8 Å². The van der Waals surface area contributed by atoms with E-state index in [9.17, 15) is 8.42 Å². The normalized spacial score (nSPS) is 42.6. The molecule has 0 N–H and O–H groups in total. The Morgan fingerprint density at radius 2 is 1.62 bits per heavy atom. The van der Waals surface area contributed by atoms with Crippen molar-refractivity contribution in [3.05, 3.63) is 0 Å². The summed E-state index contributed by atoms with van der Waals surface area (Å²) in [6.45, 7) is 0. The minimum atomic E-state index is -2.89. The van der Waals surface area contributed by atoms with Gasteiger partial charge in [0.1, 0.15) is 0 Å². The van der Waals surface area contributed by atoms with Gasteiger partial charge in [0.25, 0.3) is 0 Å². The molecule has 0 bridgehead atoms. The van der Waals surface area contributed by atoms with Crippen LogP contribution in [0.2, 0.25) is 0 Å². The van der Waals surface area contributed by atoms with Gasteiger partial charge in [-0.3, -0.25) is 0 Å². The Morgan fingerprint density at radius 3 is 2.19 bits per heavy atom. The maximum atomic E-state index is 11.5. The number of hydrogen-bond donors (Lipinski definition) is 0. The average Bonchev–Trinajstić information content (AvgIpc) is 2.26. The first-order valence-corrected chi connectivity index (χ1v) is 8.64. The predicted octanol–water partition coefficient (Wildman–Crippen LogP) is 1.12. The van der Waals surface area contributed by atoms with Gasteiger partial charge in [-0.25, -0.2) is 8.42 Å². The summed E-state index contributed by atoms with van der Waals surface area (Å²) in [5.74, 6) is 1.73. The molecular formula is C10H18O4S2. The van der Waals surface area contributed by atoms with Crippen molar-refractivity contribution in [3.8, 4) is 0 Å². The maximum absolute atomic E-state index is 11.5. The number of rotatable bonds is 2. The summed E-state index contributed by atoms with van der Waals surface area (Å²) in [6.07, 6.45) is 1.89. The Labute approximate surface area is 100 Å². The second-order valence-electron chi connectivity index (χ2n) is 4.55. The average molecular weight is 266 g/mol. The van der Waals surface area contributed by atoms with E-state index in [1.165, 1.54) is 0 Å². The number of ether oxygens (including phenoxy) is 2. The van der Waals surface area contributed by atoms with E-state index in [0.717, 1.165) is 23.6 Å². The first-order chi connectivity index (χ1) is 7.55. The molecule has 1 heterocycles. The first-order valence-electron chi connectivity index (χ1n) is 5.48. The lowest BCUT2D eigenvalue weighted by atomic mass is 9.78. The lowest BCUT2D eigenvalue weighted by Crippen LogP contribution is -2.45. The summed E-state index contributed by atoms with van der Waals surface area (Å²) in [4.78, 5) is 0. The highest BCUT2D eigenvalue weighted by Gasteiger charge is 2.42. The molecule has 4 atom stereocenters. The third kappa shape index (κ3) is 2.55. The molecule has 4 unspecified atom stereocenters. The van der Waals surface area contributed by atoms with Gasteiger partial charge in [0.05, 0.1) is 18.0 Å². The second kappa shape index (κ2) is 4.84. The number of methoxy groups -OCH3 is 2. The zero-order valence-corrected chi connectivity index (χ0v) is 11.2. The van der Waals surface area contributed by atoms with E-state index in [1.807, 2.05) is 0 Å². The van der Waals surface area contributed by atoms with Gasteiger partial charge >= 0.3 is 0 Å². The van der Waals surface area contributed by atoms with Crippen LogP contribution in [-0.2, 0) is 18.3 Å². The summed E-state index contributed by atoms with van der Waals surface area (Å²) in [6, 6.07) is 0. The quantitative estimate of drug-likeness (QED) is 0.701. The Morgan fingerprint density at radius 1 is 1.06 bits per heavy atom. The molecule has 2 aliphatic rings. The Bertz CT molecular complexity index is 341. The fraction of sp³-hybridized carbons (Fsp3) is 1.00. The molecule has 0 aromatic rings. The molecule has 0 spiro atoms. The van der Waals surface area contributed by atoms with Crippen LogP contribution in [0, 0.1) is 11.8 Å². The van der Waals surface area contributed by atoms with Crippen LogP contribution in [0.4, 0.5) is 0 Å². The van der Waals surface area contributed by atoms with Crippen LogP contribution in [0.25, 0.3) is 0 Å². The van der Waals surface area contributed by atoms with Gasteiger partial charge in [0.2, 0.25) is 8.87 Å². The van der Waals surface area contributed by atoms with Crippen LogP contribution in [-0.4, -0.2) is 46.4 Å². The molecule has 0 radical (unpaired) electrons. The maximum Gasteiger partial charge on any atom is 0.201 e. The summed E-state index contributed by atoms with van der Waals surface area (Å²) in [5.41, 5.74) is 0. The highest BCUT2D eigenvalue weighted by atomic mass is 33.1. The molecule has 1 saturated heterocycles. The summed E-state index contributed by atoms with van der Waals surface area (Å²) >= 11 is 0. The van der Waals surface area contributed by atoms with E-state index in [4.69, 9.17) is 9.47 Å². The molecule has 4 nitrogen and oxygen atoms in total. The molecule has 1 aliphatic heterocycles. The molecule has 2 fully saturated rings. The van der Waals surface area contributed by atoms with Gasteiger partial charge in [0, 0.05) is 20.0 Å². The second-order valence-corrected chi connectivity index (χ2v) is 8.80. The minimum absolute atomic E-state index is 0.0459. The van der Waals surface area contributed by atoms with Gasteiger partial charge in [-0.05, 0) is 35.5 Å². The molecule has 0 amide bonds. The van der Waals surface area contributed by atoms with E-state index in [0.29, 0.717) is 17.4 Å². The fourth-order valence-electron chi connectivity index (χ4n) is 2.69. The van der Waals surface area contributed by atoms with E-state index in [2.05, 4.69) is 0 Å². The Kier molecular flexibility index (Phi) is 3.83. The van der Waals surface area contributed by atoms with E-state index >= 15 is 0 Å². The van der Waals surface area contributed by atoms with E-state index in [-0.39, 0.29) is 18.1 Å². The standard InChI is InChI=1S/C10H18O4S2/c1-13-9-3-7-5-15-16(11,12)6-8(7)4-10(9)14-2/h7-10H,3-6H2,1-2H3. The van der Waals surface area contributed by atoms with Crippen molar-refractivity contribution < 1.29 is 17.9 Å². The largest absolute Gasteiger partial charge is 0.379 e.